The van der Waals surface area contributed by atoms with E-state index in [1.165, 1.54) is 4.52 Å². The Balaban J connectivity index is 1.81. The molecule has 0 saturated carbocycles. The summed E-state index contributed by atoms with van der Waals surface area (Å²) in [5.74, 6) is 0. The summed E-state index contributed by atoms with van der Waals surface area (Å²) in [7, 11) is 0. The van der Waals surface area contributed by atoms with Gasteiger partial charge >= 0.3 is 0 Å². The second kappa shape index (κ2) is 6.90. The fourth-order valence-corrected chi connectivity index (χ4v) is 3.13. The highest BCUT2D eigenvalue weighted by Crippen LogP contribution is 2.24. The minimum Gasteiger partial charge on any atom is -0.392 e. The maximum Gasteiger partial charge on any atom is 0.277 e. The zero-order chi connectivity index (χ0) is 18.8. The average Bonchev–Trinajstić information content (AvgIpc) is 3.11. The van der Waals surface area contributed by atoms with E-state index < -0.39 is 0 Å². The van der Waals surface area contributed by atoms with Crippen molar-refractivity contribution in [3.8, 4) is 17.3 Å². The molecule has 0 unspecified atom stereocenters. The fraction of sp³-hybridized carbons (Fsp3) is 0.0952. The number of aliphatic hydroxyl groups excluding tert-OH is 1. The SMILES string of the molecule is N#Cc1ccc(Cn2ccn3nc(-c4ccccc4)c(CO)c3c2=O)cc1. The normalized spacial score (nSPS) is 10.8. The van der Waals surface area contributed by atoms with Crippen LogP contribution in [0.5, 0.6) is 0 Å². The van der Waals surface area contributed by atoms with Gasteiger partial charge in [0.05, 0.1) is 30.5 Å². The molecule has 0 fully saturated rings. The van der Waals surface area contributed by atoms with Gasteiger partial charge in [0.25, 0.3) is 5.56 Å². The van der Waals surface area contributed by atoms with Crippen molar-refractivity contribution in [3.63, 3.8) is 0 Å². The topological polar surface area (TPSA) is 83.3 Å². The zero-order valence-corrected chi connectivity index (χ0v) is 14.4. The van der Waals surface area contributed by atoms with Crippen LogP contribution in [0, 0.1) is 11.3 Å². The third-order valence-corrected chi connectivity index (χ3v) is 4.50. The number of aliphatic hydroxyl groups is 1. The minimum absolute atomic E-state index is 0.222. The van der Waals surface area contributed by atoms with E-state index in [0.717, 1.165) is 11.1 Å². The monoisotopic (exact) mass is 356 g/mol. The lowest BCUT2D eigenvalue weighted by molar-refractivity contribution is 0.283. The number of hydrogen-bond donors (Lipinski definition) is 1. The van der Waals surface area contributed by atoms with Gasteiger partial charge in [-0.3, -0.25) is 4.79 Å². The first-order valence-electron chi connectivity index (χ1n) is 8.47. The van der Waals surface area contributed by atoms with Crippen LogP contribution in [0.1, 0.15) is 16.7 Å². The van der Waals surface area contributed by atoms with Crippen LogP contribution in [0.15, 0.2) is 71.8 Å². The van der Waals surface area contributed by atoms with E-state index in [2.05, 4.69) is 11.2 Å². The summed E-state index contributed by atoms with van der Waals surface area (Å²) in [6, 6.07) is 18.7. The Morgan fingerprint density at radius 2 is 1.78 bits per heavy atom. The van der Waals surface area contributed by atoms with Crippen LogP contribution in [-0.2, 0) is 13.2 Å². The molecular weight excluding hydrogens is 340 g/mol. The maximum absolute atomic E-state index is 13.0. The Labute approximate surface area is 155 Å². The molecule has 0 aliphatic rings. The lowest BCUT2D eigenvalue weighted by atomic mass is 10.1. The molecule has 6 nitrogen and oxygen atoms in total. The molecule has 4 aromatic rings. The summed E-state index contributed by atoms with van der Waals surface area (Å²) < 4.78 is 3.10. The summed E-state index contributed by atoms with van der Waals surface area (Å²) in [4.78, 5) is 13.0. The number of benzene rings is 2. The number of nitriles is 1. The molecule has 0 saturated heterocycles. The minimum atomic E-state index is -0.274. The van der Waals surface area contributed by atoms with Crippen molar-refractivity contribution in [3.05, 3.63) is 94.0 Å². The summed E-state index contributed by atoms with van der Waals surface area (Å²) >= 11 is 0. The molecule has 0 bridgehead atoms. The predicted molar refractivity (Wildman–Crippen MR) is 101 cm³/mol. The number of nitrogens with zero attached hydrogens (tertiary/aromatic N) is 4. The lowest BCUT2D eigenvalue weighted by Gasteiger charge is -2.07. The summed E-state index contributed by atoms with van der Waals surface area (Å²) in [6.07, 6.45) is 3.39. The van der Waals surface area contributed by atoms with Gasteiger partial charge in [0.2, 0.25) is 0 Å². The first-order valence-corrected chi connectivity index (χ1v) is 8.47. The molecule has 0 aliphatic heterocycles. The molecule has 0 radical (unpaired) electrons. The van der Waals surface area contributed by atoms with Crippen molar-refractivity contribution in [2.45, 2.75) is 13.2 Å². The quantitative estimate of drug-likeness (QED) is 0.609. The van der Waals surface area contributed by atoms with Gasteiger partial charge in [0.15, 0.2) is 0 Å². The van der Waals surface area contributed by atoms with Gasteiger partial charge < -0.3 is 9.67 Å². The van der Waals surface area contributed by atoms with Crippen molar-refractivity contribution >= 4 is 5.52 Å². The molecular formula is C21H16N4O2. The molecule has 4 rings (SSSR count). The Morgan fingerprint density at radius 1 is 1.04 bits per heavy atom. The molecule has 27 heavy (non-hydrogen) atoms. The van der Waals surface area contributed by atoms with Crippen molar-refractivity contribution in [1.29, 1.82) is 5.26 Å². The Hall–Kier alpha value is -3.69. The van der Waals surface area contributed by atoms with E-state index in [1.54, 1.807) is 29.1 Å². The molecule has 0 aliphatic carbocycles. The van der Waals surface area contributed by atoms with E-state index in [4.69, 9.17) is 5.26 Å². The highest BCUT2D eigenvalue weighted by molar-refractivity contribution is 5.72. The van der Waals surface area contributed by atoms with Gasteiger partial charge in [-0.05, 0) is 17.7 Å². The van der Waals surface area contributed by atoms with Gasteiger partial charge in [-0.1, -0.05) is 42.5 Å². The van der Waals surface area contributed by atoms with Crippen LogP contribution in [0.2, 0.25) is 0 Å². The number of fused-ring (bicyclic) bond motifs is 1. The van der Waals surface area contributed by atoms with E-state index in [-0.39, 0.29) is 12.2 Å². The maximum atomic E-state index is 13.0. The van der Waals surface area contributed by atoms with Crippen LogP contribution in [0.25, 0.3) is 16.8 Å². The van der Waals surface area contributed by atoms with E-state index >= 15 is 0 Å². The third-order valence-electron chi connectivity index (χ3n) is 4.50. The molecule has 132 valence electrons. The van der Waals surface area contributed by atoms with Crippen LogP contribution in [0.4, 0.5) is 0 Å². The molecule has 0 atom stereocenters. The largest absolute Gasteiger partial charge is 0.392 e. The highest BCUT2D eigenvalue weighted by atomic mass is 16.3. The zero-order valence-electron chi connectivity index (χ0n) is 14.4. The highest BCUT2D eigenvalue weighted by Gasteiger charge is 2.17. The fourth-order valence-electron chi connectivity index (χ4n) is 3.13. The van der Waals surface area contributed by atoms with E-state index in [1.807, 2.05) is 42.5 Å². The molecule has 2 heterocycles. The van der Waals surface area contributed by atoms with Gasteiger partial charge in [-0.15, -0.1) is 0 Å². The van der Waals surface area contributed by atoms with Crippen molar-refractivity contribution < 1.29 is 5.11 Å². The van der Waals surface area contributed by atoms with Crippen LogP contribution < -0.4 is 5.56 Å². The predicted octanol–water partition coefficient (Wildman–Crippen LogP) is 2.58. The molecule has 2 aromatic carbocycles. The van der Waals surface area contributed by atoms with Crippen LogP contribution >= 0.6 is 0 Å². The molecule has 6 heteroatoms. The molecule has 2 aromatic heterocycles. The van der Waals surface area contributed by atoms with Crippen LogP contribution in [0.3, 0.4) is 0 Å². The second-order valence-corrected chi connectivity index (χ2v) is 6.18. The second-order valence-electron chi connectivity index (χ2n) is 6.18. The molecule has 1 N–H and O–H groups in total. The van der Waals surface area contributed by atoms with Crippen molar-refractivity contribution in [2.75, 3.05) is 0 Å². The smallest absolute Gasteiger partial charge is 0.277 e. The number of hydrogen-bond acceptors (Lipinski definition) is 4. The van der Waals surface area contributed by atoms with Gasteiger partial charge in [0.1, 0.15) is 5.52 Å². The standard InChI is InChI=1S/C21H16N4O2/c22-12-15-6-8-16(9-7-15)13-24-10-11-25-20(21(24)27)18(14-26)19(23-25)17-4-2-1-3-5-17/h1-11,26H,13-14H2. The van der Waals surface area contributed by atoms with E-state index in [9.17, 15) is 9.90 Å². The first-order chi connectivity index (χ1) is 13.2. The van der Waals surface area contributed by atoms with Gasteiger partial charge in [0, 0.05) is 23.5 Å². The number of rotatable bonds is 4. The Kier molecular flexibility index (Phi) is 4.29. The summed E-state index contributed by atoms with van der Waals surface area (Å²) in [5.41, 5.74) is 3.60. The van der Waals surface area contributed by atoms with Crippen molar-refractivity contribution in [1.82, 2.24) is 14.2 Å². The first kappa shape index (κ1) is 16.8. The summed E-state index contributed by atoms with van der Waals surface area (Å²) in [5, 5.41) is 23.3. The Morgan fingerprint density at radius 3 is 2.44 bits per heavy atom. The van der Waals surface area contributed by atoms with Crippen LogP contribution in [-0.4, -0.2) is 19.3 Å². The Bertz CT molecular complexity index is 1200. The third kappa shape index (κ3) is 3.01. The number of aromatic nitrogens is 3. The van der Waals surface area contributed by atoms with Gasteiger partial charge in [-0.2, -0.15) is 10.4 Å². The average molecular weight is 356 g/mol. The molecule has 0 amide bonds. The van der Waals surface area contributed by atoms with Gasteiger partial charge in [-0.25, -0.2) is 4.52 Å². The van der Waals surface area contributed by atoms with E-state index in [0.29, 0.717) is 28.9 Å². The van der Waals surface area contributed by atoms with Crippen molar-refractivity contribution in [2.24, 2.45) is 0 Å². The summed E-state index contributed by atoms with van der Waals surface area (Å²) in [6.45, 7) is 0.0988. The lowest BCUT2D eigenvalue weighted by Crippen LogP contribution is -2.22. The molecule has 0 spiro atoms.